The number of halogens is 2. The molecule has 2 aromatic carbocycles. The third kappa shape index (κ3) is 6.90. The van der Waals surface area contributed by atoms with Gasteiger partial charge < -0.3 is 20.3 Å². The first-order valence-corrected chi connectivity index (χ1v) is 13.1. The molecule has 2 atom stereocenters. The molecule has 10 heteroatoms. The summed E-state index contributed by atoms with van der Waals surface area (Å²) >= 11 is 6.36. The second kappa shape index (κ2) is 12.4. The van der Waals surface area contributed by atoms with Gasteiger partial charge in [0.2, 0.25) is 17.7 Å². The van der Waals surface area contributed by atoms with Crippen LogP contribution in [-0.4, -0.2) is 65.8 Å². The van der Waals surface area contributed by atoms with E-state index in [0.29, 0.717) is 67.7 Å². The number of nitrogens with zero attached hydrogens (tertiary/aromatic N) is 2. The molecule has 38 heavy (non-hydrogen) atoms. The number of ether oxygens (including phenoxy) is 1. The normalized spacial score (nSPS) is 20.0. The SMILES string of the molecule is CCOc1cc(/C=C/C(=O)N2CCN(Cc3ccc(F)cc3)C[C@H]2C)c(NC(=O)C2CCC(=O)N2)cc1Cl. The summed E-state index contributed by atoms with van der Waals surface area (Å²) in [6, 6.07) is 9.11. The first-order valence-electron chi connectivity index (χ1n) is 12.8. The molecule has 202 valence electrons. The molecule has 2 saturated heterocycles. The molecule has 0 saturated carbocycles. The van der Waals surface area contributed by atoms with Gasteiger partial charge in [-0.25, -0.2) is 4.39 Å². The number of benzene rings is 2. The Bertz CT molecular complexity index is 1220. The van der Waals surface area contributed by atoms with Gasteiger partial charge in [0.15, 0.2) is 0 Å². The first kappa shape index (κ1) is 27.6. The Morgan fingerprint density at radius 3 is 2.66 bits per heavy atom. The van der Waals surface area contributed by atoms with Gasteiger partial charge in [-0.15, -0.1) is 0 Å². The minimum atomic E-state index is -0.613. The molecule has 0 radical (unpaired) electrons. The zero-order valence-corrected chi connectivity index (χ0v) is 22.3. The molecule has 2 aliphatic rings. The molecule has 0 spiro atoms. The van der Waals surface area contributed by atoms with Gasteiger partial charge in [-0.05, 0) is 56.2 Å². The van der Waals surface area contributed by atoms with E-state index < -0.39 is 6.04 Å². The minimum Gasteiger partial charge on any atom is -0.492 e. The maximum atomic E-state index is 13.2. The number of carbonyl (C=O) groups is 3. The van der Waals surface area contributed by atoms with Gasteiger partial charge in [0, 0.05) is 56.0 Å². The van der Waals surface area contributed by atoms with Crippen LogP contribution in [0.3, 0.4) is 0 Å². The summed E-state index contributed by atoms with van der Waals surface area (Å²) < 4.78 is 18.8. The van der Waals surface area contributed by atoms with Crippen molar-refractivity contribution in [3.05, 3.63) is 64.4 Å². The van der Waals surface area contributed by atoms with Crippen LogP contribution in [0.25, 0.3) is 6.08 Å². The van der Waals surface area contributed by atoms with E-state index in [-0.39, 0.29) is 29.6 Å². The van der Waals surface area contributed by atoms with E-state index >= 15 is 0 Å². The molecule has 2 aliphatic heterocycles. The Kier molecular flexibility index (Phi) is 9.01. The van der Waals surface area contributed by atoms with Crippen molar-refractivity contribution in [3.63, 3.8) is 0 Å². The Balaban J connectivity index is 1.44. The average molecular weight is 543 g/mol. The monoisotopic (exact) mass is 542 g/mol. The summed E-state index contributed by atoms with van der Waals surface area (Å²) in [5.41, 5.74) is 2.01. The van der Waals surface area contributed by atoms with Crippen molar-refractivity contribution in [2.45, 2.75) is 45.3 Å². The average Bonchev–Trinajstić information content (AvgIpc) is 3.32. The van der Waals surface area contributed by atoms with E-state index in [9.17, 15) is 18.8 Å². The topological polar surface area (TPSA) is 91.0 Å². The van der Waals surface area contributed by atoms with Gasteiger partial charge in [0.25, 0.3) is 0 Å². The number of hydrogen-bond acceptors (Lipinski definition) is 5. The zero-order valence-electron chi connectivity index (χ0n) is 21.5. The van der Waals surface area contributed by atoms with Crippen LogP contribution in [0.2, 0.25) is 5.02 Å². The summed E-state index contributed by atoms with van der Waals surface area (Å²) in [7, 11) is 0. The predicted octanol–water partition coefficient (Wildman–Crippen LogP) is 3.84. The number of rotatable bonds is 8. The van der Waals surface area contributed by atoms with Crippen LogP contribution in [0.5, 0.6) is 5.75 Å². The molecule has 8 nitrogen and oxygen atoms in total. The van der Waals surface area contributed by atoms with Gasteiger partial charge >= 0.3 is 0 Å². The Morgan fingerprint density at radius 2 is 2.00 bits per heavy atom. The minimum absolute atomic E-state index is 0.0179. The van der Waals surface area contributed by atoms with Crippen molar-refractivity contribution in [2.24, 2.45) is 0 Å². The van der Waals surface area contributed by atoms with Gasteiger partial charge in [-0.3, -0.25) is 19.3 Å². The number of carbonyl (C=O) groups excluding carboxylic acids is 3. The molecule has 0 aromatic heterocycles. The first-order chi connectivity index (χ1) is 18.2. The van der Waals surface area contributed by atoms with E-state index in [2.05, 4.69) is 15.5 Å². The third-order valence-electron chi connectivity index (χ3n) is 6.69. The number of hydrogen-bond donors (Lipinski definition) is 2. The van der Waals surface area contributed by atoms with E-state index in [4.69, 9.17) is 16.3 Å². The summed E-state index contributed by atoms with van der Waals surface area (Å²) in [6.07, 6.45) is 3.85. The van der Waals surface area contributed by atoms with Gasteiger partial charge in [0.05, 0.1) is 11.6 Å². The highest BCUT2D eigenvalue weighted by atomic mass is 35.5. The predicted molar refractivity (Wildman–Crippen MR) is 144 cm³/mol. The van der Waals surface area contributed by atoms with Crippen LogP contribution < -0.4 is 15.4 Å². The molecule has 1 unspecified atom stereocenters. The number of amides is 3. The van der Waals surface area contributed by atoms with E-state index in [0.717, 1.165) is 5.56 Å². The van der Waals surface area contributed by atoms with Crippen molar-refractivity contribution in [3.8, 4) is 5.75 Å². The lowest BCUT2D eigenvalue weighted by molar-refractivity contribution is -0.130. The standard InChI is InChI=1S/C28H32ClFN4O4/c1-3-38-25-14-20(24(15-22(25)29)32-28(37)23-9-10-26(35)31-23)6-11-27(36)34-13-12-33(16-18(34)2)17-19-4-7-21(30)8-5-19/h4-8,11,14-15,18,23H,3,9-10,12-13,16-17H2,1-2H3,(H,31,35)(H,32,37)/b11-6+/t18-,23?/m1/s1. The molecular weight excluding hydrogens is 511 g/mol. The summed E-state index contributed by atoms with van der Waals surface area (Å²) in [4.78, 5) is 41.4. The van der Waals surface area contributed by atoms with E-state index in [1.807, 2.05) is 18.7 Å². The largest absolute Gasteiger partial charge is 0.492 e. The third-order valence-corrected chi connectivity index (χ3v) is 6.99. The van der Waals surface area contributed by atoms with Crippen LogP contribution in [0.4, 0.5) is 10.1 Å². The van der Waals surface area contributed by atoms with Crippen LogP contribution in [-0.2, 0) is 20.9 Å². The van der Waals surface area contributed by atoms with E-state index in [1.165, 1.54) is 18.2 Å². The van der Waals surface area contributed by atoms with Gasteiger partial charge in [-0.1, -0.05) is 23.7 Å². The lowest BCUT2D eigenvalue weighted by Crippen LogP contribution is -2.53. The second-order valence-corrected chi connectivity index (χ2v) is 9.93. The lowest BCUT2D eigenvalue weighted by atomic mass is 10.1. The maximum Gasteiger partial charge on any atom is 0.246 e. The Hall–Kier alpha value is -3.43. The molecule has 2 N–H and O–H groups in total. The fraction of sp³-hybridized carbons (Fsp3) is 0.393. The molecule has 0 aliphatic carbocycles. The van der Waals surface area contributed by atoms with Crippen molar-refractivity contribution in [1.82, 2.24) is 15.1 Å². The van der Waals surface area contributed by atoms with Crippen molar-refractivity contribution in [1.29, 1.82) is 0 Å². The molecule has 3 amide bonds. The van der Waals surface area contributed by atoms with Crippen molar-refractivity contribution in [2.75, 3.05) is 31.6 Å². The quantitative estimate of drug-likeness (QED) is 0.495. The van der Waals surface area contributed by atoms with Crippen molar-refractivity contribution < 1.29 is 23.5 Å². The van der Waals surface area contributed by atoms with E-state index in [1.54, 1.807) is 30.3 Å². The van der Waals surface area contributed by atoms with Crippen LogP contribution >= 0.6 is 11.6 Å². The van der Waals surface area contributed by atoms with Crippen molar-refractivity contribution >= 4 is 41.1 Å². The fourth-order valence-electron chi connectivity index (χ4n) is 4.72. The fourth-order valence-corrected chi connectivity index (χ4v) is 4.94. The lowest BCUT2D eigenvalue weighted by Gasteiger charge is -2.39. The zero-order chi connectivity index (χ0) is 27.2. The highest BCUT2D eigenvalue weighted by Crippen LogP contribution is 2.32. The Morgan fingerprint density at radius 1 is 1.24 bits per heavy atom. The number of piperazine rings is 1. The summed E-state index contributed by atoms with van der Waals surface area (Å²) in [6.45, 7) is 6.89. The molecule has 2 fully saturated rings. The molecule has 2 aromatic rings. The number of anilines is 1. The molecular formula is C28H32ClFN4O4. The van der Waals surface area contributed by atoms with Crippen LogP contribution in [0.15, 0.2) is 42.5 Å². The smallest absolute Gasteiger partial charge is 0.246 e. The number of nitrogens with one attached hydrogen (secondary N) is 2. The molecule has 0 bridgehead atoms. The summed E-state index contributed by atoms with van der Waals surface area (Å²) in [5.74, 6) is -0.467. The highest BCUT2D eigenvalue weighted by molar-refractivity contribution is 6.32. The Labute approximate surface area is 226 Å². The summed E-state index contributed by atoms with van der Waals surface area (Å²) in [5, 5.41) is 5.80. The second-order valence-electron chi connectivity index (χ2n) is 9.53. The highest BCUT2D eigenvalue weighted by Gasteiger charge is 2.28. The van der Waals surface area contributed by atoms with Gasteiger partial charge in [-0.2, -0.15) is 0 Å². The van der Waals surface area contributed by atoms with Crippen LogP contribution in [0, 0.1) is 5.82 Å². The maximum absolute atomic E-state index is 13.2. The van der Waals surface area contributed by atoms with Gasteiger partial charge in [0.1, 0.15) is 17.6 Å². The molecule has 2 heterocycles. The molecule has 4 rings (SSSR count). The van der Waals surface area contributed by atoms with Crippen LogP contribution in [0.1, 0.15) is 37.8 Å².